The summed E-state index contributed by atoms with van der Waals surface area (Å²) in [4.78, 5) is 23.3. The molecule has 1 atom stereocenters. The number of benzene rings is 1. The van der Waals surface area contributed by atoms with Gasteiger partial charge in [0, 0.05) is 5.56 Å². The first-order valence-electron chi connectivity index (χ1n) is 6.51. The molecular formula is C15H19FO3. The standard InChI is InChI=1S/C15H19FO3/c1-4-10-7-8-11(5-2)12(9-10)14(17)13(16)15(18)19-6-3/h7-9,13H,4-6H2,1-3H3. The fraction of sp³-hybridized carbons (Fsp3) is 0.467. The van der Waals surface area contributed by atoms with Gasteiger partial charge in [-0.1, -0.05) is 26.0 Å². The van der Waals surface area contributed by atoms with Crippen LogP contribution in [0, 0.1) is 0 Å². The van der Waals surface area contributed by atoms with E-state index >= 15 is 0 Å². The van der Waals surface area contributed by atoms with Crippen LogP contribution in [0.5, 0.6) is 0 Å². The summed E-state index contributed by atoms with van der Waals surface area (Å²) in [6.07, 6.45) is -0.876. The summed E-state index contributed by atoms with van der Waals surface area (Å²) >= 11 is 0. The molecule has 19 heavy (non-hydrogen) atoms. The zero-order valence-corrected chi connectivity index (χ0v) is 11.5. The number of carbonyl (C=O) groups excluding carboxylic acids is 2. The summed E-state index contributed by atoms with van der Waals surface area (Å²) in [6.45, 7) is 5.47. The van der Waals surface area contributed by atoms with Crippen molar-refractivity contribution in [3.8, 4) is 0 Å². The largest absolute Gasteiger partial charge is 0.463 e. The van der Waals surface area contributed by atoms with Gasteiger partial charge < -0.3 is 4.74 Å². The Morgan fingerprint density at radius 3 is 2.42 bits per heavy atom. The Hall–Kier alpha value is -1.71. The van der Waals surface area contributed by atoms with Crippen LogP contribution >= 0.6 is 0 Å². The number of alkyl halides is 1. The molecule has 0 aliphatic heterocycles. The Bertz CT molecular complexity index is 468. The highest BCUT2D eigenvalue weighted by atomic mass is 19.1. The van der Waals surface area contributed by atoms with E-state index in [9.17, 15) is 14.0 Å². The predicted molar refractivity (Wildman–Crippen MR) is 71.1 cm³/mol. The molecule has 1 unspecified atom stereocenters. The van der Waals surface area contributed by atoms with Crippen LogP contribution in [0.25, 0.3) is 0 Å². The van der Waals surface area contributed by atoms with Gasteiger partial charge in [0.25, 0.3) is 6.17 Å². The molecule has 0 aromatic heterocycles. The lowest BCUT2D eigenvalue weighted by Gasteiger charge is -2.11. The van der Waals surface area contributed by atoms with E-state index in [1.807, 2.05) is 26.0 Å². The molecule has 104 valence electrons. The number of ether oxygens (including phenoxy) is 1. The Kier molecular flexibility index (Phi) is 5.67. The number of esters is 1. The fourth-order valence-electron chi connectivity index (χ4n) is 1.84. The molecule has 1 aromatic rings. The lowest BCUT2D eigenvalue weighted by Crippen LogP contribution is -2.28. The van der Waals surface area contributed by atoms with Gasteiger partial charge in [0.2, 0.25) is 5.78 Å². The van der Waals surface area contributed by atoms with Crippen molar-refractivity contribution in [3.63, 3.8) is 0 Å². The number of rotatable bonds is 6. The van der Waals surface area contributed by atoms with Crippen molar-refractivity contribution in [2.75, 3.05) is 6.61 Å². The van der Waals surface area contributed by atoms with Crippen LogP contribution in [0.4, 0.5) is 4.39 Å². The van der Waals surface area contributed by atoms with Crippen molar-refractivity contribution in [2.24, 2.45) is 0 Å². The van der Waals surface area contributed by atoms with E-state index in [-0.39, 0.29) is 12.2 Å². The monoisotopic (exact) mass is 266 g/mol. The number of hydrogen-bond donors (Lipinski definition) is 0. The van der Waals surface area contributed by atoms with Gasteiger partial charge in [0.1, 0.15) is 0 Å². The van der Waals surface area contributed by atoms with Gasteiger partial charge in [0.15, 0.2) is 0 Å². The molecule has 0 N–H and O–H groups in total. The summed E-state index contributed by atoms with van der Waals surface area (Å²) in [5.41, 5.74) is 1.97. The summed E-state index contributed by atoms with van der Waals surface area (Å²) in [7, 11) is 0. The number of aryl methyl sites for hydroxylation is 2. The molecule has 0 fully saturated rings. The zero-order valence-electron chi connectivity index (χ0n) is 11.5. The molecule has 0 amide bonds. The van der Waals surface area contributed by atoms with Crippen LogP contribution in [0.2, 0.25) is 0 Å². The minimum atomic E-state index is -2.24. The smallest absolute Gasteiger partial charge is 0.348 e. The molecule has 1 rings (SSSR count). The molecule has 0 aliphatic carbocycles. The van der Waals surface area contributed by atoms with Crippen molar-refractivity contribution in [2.45, 2.75) is 39.8 Å². The molecule has 0 aliphatic rings. The molecule has 0 saturated carbocycles. The van der Waals surface area contributed by atoms with E-state index in [0.29, 0.717) is 6.42 Å². The summed E-state index contributed by atoms with van der Waals surface area (Å²) < 4.78 is 18.3. The Morgan fingerprint density at radius 2 is 1.89 bits per heavy atom. The predicted octanol–water partition coefficient (Wildman–Crippen LogP) is 2.90. The molecule has 4 heteroatoms. The number of hydrogen-bond acceptors (Lipinski definition) is 3. The first-order chi connectivity index (χ1) is 9.04. The highest BCUT2D eigenvalue weighted by Crippen LogP contribution is 2.17. The Morgan fingerprint density at radius 1 is 1.21 bits per heavy atom. The molecular weight excluding hydrogens is 247 g/mol. The number of ketones is 1. The average molecular weight is 266 g/mol. The number of carbonyl (C=O) groups is 2. The Balaban J connectivity index is 3.06. The van der Waals surface area contributed by atoms with Crippen LogP contribution in [-0.2, 0) is 22.4 Å². The lowest BCUT2D eigenvalue weighted by atomic mass is 9.96. The second-order valence-corrected chi connectivity index (χ2v) is 4.18. The maximum Gasteiger partial charge on any atom is 0.348 e. The lowest BCUT2D eigenvalue weighted by molar-refractivity contribution is -0.147. The van der Waals surface area contributed by atoms with Crippen LogP contribution in [0.1, 0.15) is 42.3 Å². The normalized spacial score (nSPS) is 12.0. The second-order valence-electron chi connectivity index (χ2n) is 4.18. The third-order valence-corrected chi connectivity index (χ3v) is 2.95. The van der Waals surface area contributed by atoms with Crippen molar-refractivity contribution in [1.29, 1.82) is 0 Å². The maximum atomic E-state index is 13.8. The first kappa shape index (κ1) is 15.3. The summed E-state index contributed by atoms with van der Waals surface area (Å²) in [5, 5.41) is 0. The number of Topliss-reactive ketones (excluding diaryl/α,β-unsaturated/α-hetero) is 1. The van der Waals surface area contributed by atoms with Crippen LogP contribution in [0.3, 0.4) is 0 Å². The van der Waals surface area contributed by atoms with E-state index in [0.717, 1.165) is 17.5 Å². The van der Waals surface area contributed by atoms with Gasteiger partial charge in [-0.15, -0.1) is 0 Å². The molecule has 1 aromatic carbocycles. The maximum absolute atomic E-state index is 13.8. The zero-order chi connectivity index (χ0) is 14.4. The molecule has 0 bridgehead atoms. The van der Waals surface area contributed by atoms with E-state index in [4.69, 9.17) is 0 Å². The molecule has 3 nitrogen and oxygen atoms in total. The molecule has 0 heterocycles. The fourth-order valence-corrected chi connectivity index (χ4v) is 1.84. The summed E-state index contributed by atoms with van der Waals surface area (Å²) in [6, 6.07) is 5.38. The third kappa shape index (κ3) is 3.63. The van der Waals surface area contributed by atoms with Crippen molar-refractivity contribution in [3.05, 3.63) is 34.9 Å². The van der Waals surface area contributed by atoms with Crippen molar-refractivity contribution >= 4 is 11.8 Å². The topological polar surface area (TPSA) is 43.4 Å². The van der Waals surface area contributed by atoms with Crippen molar-refractivity contribution in [1.82, 2.24) is 0 Å². The SMILES string of the molecule is CCOC(=O)C(F)C(=O)c1cc(CC)ccc1CC. The van der Waals surface area contributed by atoms with Crippen LogP contribution in [0.15, 0.2) is 18.2 Å². The third-order valence-electron chi connectivity index (χ3n) is 2.95. The second kappa shape index (κ2) is 7.02. The molecule has 0 saturated heterocycles. The van der Waals surface area contributed by atoms with Gasteiger partial charge in [-0.3, -0.25) is 4.79 Å². The van der Waals surface area contributed by atoms with Crippen LogP contribution in [-0.4, -0.2) is 24.5 Å². The van der Waals surface area contributed by atoms with E-state index < -0.39 is 17.9 Å². The quantitative estimate of drug-likeness (QED) is 0.452. The minimum absolute atomic E-state index is 0.0577. The van der Waals surface area contributed by atoms with E-state index in [1.54, 1.807) is 13.0 Å². The summed E-state index contributed by atoms with van der Waals surface area (Å²) in [5.74, 6) is -1.93. The van der Waals surface area contributed by atoms with Crippen molar-refractivity contribution < 1.29 is 18.7 Å². The van der Waals surface area contributed by atoms with Gasteiger partial charge in [-0.05, 0) is 37.0 Å². The Labute approximate surface area is 112 Å². The van der Waals surface area contributed by atoms with E-state index in [1.165, 1.54) is 0 Å². The first-order valence-corrected chi connectivity index (χ1v) is 6.51. The van der Waals surface area contributed by atoms with Gasteiger partial charge in [-0.2, -0.15) is 0 Å². The molecule has 0 radical (unpaired) electrons. The van der Waals surface area contributed by atoms with Gasteiger partial charge in [-0.25, -0.2) is 9.18 Å². The van der Waals surface area contributed by atoms with E-state index in [2.05, 4.69) is 4.74 Å². The van der Waals surface area contributed by atoms with Crippen LogP contribution < -0.4 is 0 Å². The highest BCUT2D eigenvalue weighted by Gasteiger charge is 2.29. The van der Waals surface area contributed by atoms with Gasteiger partial charge >= 0.3 is 5.97 Å². The highest BCUT2D eigenvalue weighted by molar-refractivity contribution is 6.11. The van der Waals surface area contributed by atoms with Gasteiger partial charge in [0.05, 0.1) is 6.61 Å². The molecule has 0 spiro atoms. The minimum Gasteiger partial charge on any atom is -0.463 e. The average Bonchev–Trinajstić information content (AvgIpc) is 2.45. The number of halogens is 1.